The second kappa shape index (κ2) is 5.29. The molecule has 1 aliphatic heterocycles. The highest BCUT2D eigenvalue weighted by atomic mass is 16.5. The number of pyridine rings is 1. The van der Waals surface area contributed by atoms with Gasteiger partial charge < -0.3 is 15.0 Å². The van der Waals surface area contributed by atoms with E-state index in [0.29, 0.717) is 0 Å². The largest absolute Gasteiger partial charge is 0.381 e. The number of rotatable bonds is 3. The fourth-order valence-electron chi connectivity index (χ4n) is 2.66. The van der Waals surface area contributed by atoms with Gasteiger partial charge in [0.1, 0.15) is 5.82 Å². The average molecular weight is 272 g/mol. The summed E-state index contributed by atoms with van der Waals surface area (Å²) in [5, 5.41) is 5.08. The fraction of sp³-hybridized carbons (Fsp3) is 0.438. The van der Waals surface area contributed by atoms with Gasteiger partial charge in [-0.15, -0.1) is 0 Å². The Hall–Kier alpha value is -1.81. The summed E-state index contributed by atoms with van der Waals surface area (Å²) < 4.78 is 5.41. The summed E-state index contributed by atoms with van der Waals surface area (Å²) in [6.07, 6.45) is 2.11. The zero-order valence-corrected chi connectivity index (χ0v) is 11.7. The number of benzene rings is 1. The van der Waals surface area contributed by atoms with Crippen molar-refractivity contribution in [3.05, 3.63) is 40.7 Å². The van der Waals surface area contributed by atoms with Gasteiger partial charge >= 0.3 is 0 Å². The molecule has 20 heavy (non-hydrogen) atoms. The predicted molar refractivity (Wildman–Crippen MR) is 81.2 cm³/mol. The Labute approximate surface area is 118 Å². The molecular formula is C16H20N2O2. The second-order valence-electron chi connectivity index (χ2n) is 5.88. The van der Waals surface area contributed by atoms with Crippen LogP contribution in [0.4, 0.5) is 5.82 Å². The van der Waals surface area contributed by atoms with Gasteiger partial charge in [-0.2, -0.15) is 0 Å². The molecular weight excluding hydrogens is 252 g/mol. The second-order valence-corrected chi connectivity index (χ2v) is 5.88. The number of hydrogen-bond acceptors (Lipinski definition) is 3. The topological polar surface area (TPSA) is 54.1 Å². The van der Waals surface area contributed by atoms with Gasteiger partial charge in [0.05, 0.1) is 0 Å². The van der Waals surface area contributed by atoms with E-state index < -0.39 is 0 Å². The lowest BCUT2D eigenvalue weighted by Gasteiger charge is -2.33. The third-order valence-corrected chi connectivity index (χ3v) is 4.16. The molecule has 0 unspecified atom stereocenters. The molecule has 1 aromatic carbocycles. The van der Waals surface area contributed by atoms with Crippen molar-refractivity contribution in [2.45, 2.75) is 19.8 Å². The van der Waals surface area contributed by atoms with Crippen LogP contribution in [0.25, 0.3) is 10.8 Å². The standard InChI is InChI=1S/C16H20N2O2/c1-16(6-8-20-9-7-16)11-17-14-10-12-4-2-3-5-13(12)15(19)18-14/h2-5,10H,6-9,11H2,1H3,(H2,17,18,19). The van der Waals surface area contributed by atoms with Crippen molar-refractivity contribution in [2.24, 2.45) is 5.41 Å². The van der Waals surface area contributed by atoms with Crippen LogP contribution in [0.3, 0.4) is 0 Å². The first-order valence-electron chi connectivity index (χ1n) is 7.10. The molecule has 1 aliphatic rings. The zero-order valence-electron chi connectivity index (χ0n) is 11.7. The van der Waals surface area contributed by atoms with Crippen molar-refractivity contribution in [3.8, 4) is 0 Å². The van der Waals surface area contributed by atoms with Crippen LogP contribution in [0, 0.1) is 5.41 Å². The van der Waals surface area contributed by atoms with Gasteiger partial charge in [0.2, 0.25) is 0 Å². The van der Waals surface area contributed by atoms with Gasteiger partial charge in [0.25, 0.3) is 5.56 Å². The molecule has 0 saturated carbocycles. The average Bonchev–Trinajstić information content (AvgIpc) is 2.46. The molecule has 2 N–H and O–H groups in total. The van der Waals surface area contributed by atoms with Crippen molar-refractivity contribution in [2.75, 3.05) is 25.1 Å². The van der Waals surface area contributed by atoms with Crippen molar-refractivity contribution in [3.63, 3.8) is 0 Å². The summed E-state index contributed by atoms with van der Waals surface area (Å²) >= 11 is 0. The smallest absolute Gasteiger partial charge is 0.257 e. The van der Waals surface area contributed by atoms with Gasteiger partial charge in [-0.3, -0.25) is 4.79 Å². The summed E-state index contributed by atoms with van der Waals surface area (Å²) in [4.78, 5) is 14.9. The normalized spacial score (nSPS) is 18.1. The van der Waals surface area contributed by atoms with E-state index in [9.17, 15) is 4.79 Å². The first-order chi connectivity index (χ1) is 9.66. The lowest BCUT2D eigenvalue weighted by Crippen LogP contribution is -2.33. The molecule has 0 spiro atoms. The van der Waals surface area contributed by atoms with Crippen LogP contribution in [0.15, 0.2) is 35.1 Å². The lowest BCUT2D eigenvalue weighted by molar-refractivity contribution is 0.0300. The van der Waals surface area contributed by atoms with Crippen LogP contribution < -0.4 is 10.9 Å². The lowest BCUT2D eigenvalue weighted by atomic mass is 9.82. The number of aromatic nitrogens is 1. The molecule has 0 aliphatic carbocycles. The molecule has 4 heteroatoms. The Morgan fingerprint density at radius 3 is 2.85 bits per heavy atom. The zero-order chi connectivity index (χ0) is 14.0. The molecule has 0 atom stereocenters. The van der Waals surface area contributed by atoms with Gasteiger partial charge in [0.15, 0.2) is 0 Å². The molecule has 4 nitrogen and oxygen atoms in total. The van der Waals surface area contributed by atoms with Crippen LogP contribution in [0.1, 0.15) is 19.8 Å². The number of nitrogens with one attached hydrogen (secondary N) is 2. The molecule has 1 saturated heterocycles. The number of fused-ring (bicyclic) bond motifs is 1. The third-order valence-electron chi connectivity index (χ3n) is 4.16. The molecule has 1 aromatic heterocycles. The first-order valence-corrected chi connectivity index (χ1v) is 7.10. The van der Waals surface area contributed by atoms with Crippen LogP contribution in [0.5, 0.6) is 0 Å². The van der Waals surface area contributed by atoms with E-state index in [1.54, 1.807) is 0 Å². The SMILES string of the molecule is CC1(CNc2cc3ccccc3c(=O)[nH]2)CCOCC1. The predicted octanol–water partition coefficient (Wildman–Crippen LogP) is 2.76. The summed E-state index contributed by atoms with van der Waals surface area (Å²) in [5.41, 5.74) is 0.198. The molecule has 0 radical (unpaired) electrons. The van der Waals surface area contributed by atoms with Crippen LogP contribution in [-0.2, 0) is 4.74 Å². The van der Waals surface area contributed by atoms with Crippen molar-refractivity contribution >= 4 is 16.6 Å². The molecule has 2 heterocycles. The first kappa shape index (κ1) is 13.2. The summed E-state index contributed by atoms with van der Waals surface area (Å²) in [5.74, 6) is 0.793. The molecule has 0 bridgehead atoms. The van der Waals surface area contributed by atoms with Gasteiger partial charge in [-0.1, -0.05) is 25.1 Å². The van der Waals surface area contributed by atoms with Gasteiger partial charge in [-0.25, -0.2) is 0 Å². The van der Waals surface area contributed by atoms with Gasteiger partial charge in [0, 0.05) is 25.1 Å². The maximum Gasteiger partial charge on any atom is 0.257 e. The molecule has 3 rings (SSSR count). The van der Waals surface area contributed by atoms with Gasteiger partial charge in [-0.05, 0) is 35.8 Å². The van der Waals surface area contributed by atoms with Crippen LogP contribution >= 0.6 is 0 Å². The highest BCUT2D eigenvalue weighted by Gasteiger charge is 2.27. The van der Waals surface area contributed by atoms with E-state index in [4.69, 9.17) is 4.74 Å². The quantitative estimate of drug-likeness (QED) is 0.903. The molecule has 0 amide bonds. The van der Waals surface area contributed by atoms with Crippen LogP contribution in [-0.4, -0.2) is 24.7 Å². The molecule has 1 fully saturated rings. The number of anilines is 1. The van der Waals surface area contributed by atoms with E-state index in [0.717, 1.165) is 49.2 Å². The number of H-pyrrole nitrogens is 1. The monoisotopic (exact) mass is 272 g/mol. The van der Waals surface area contributed by atoms with E-state index in [1.165, 1.54) is 0 Å². The Morgan fingerprint density at radius 2 is 2.05 bits per heavy atom. The highest BCUT2D eigenvalue weighted by molar-refractivity contribution is 5.83. The Balaban J connectivity index is 1.79. The number of hydrogen-bond donors (Lipinski definition) is 2. The van der Waals surface area contributed by atoms with Crippen LogP contribution in [0.2, 0.25) is 0 Å². The molecule has 2 aromatic rings. The summed E-state index contributed by atoms with van der Waals surface area (Å²) in [6.45, 7) is 4.77. The van der Waals surface area contributed by atoms with E-state index in [-0.39, 0.29) is 11.0 Å². The Kier molecular flexibility index (Phi) is 3.49. The number of aromatic amines is 1. The van der Waals surface area contributed by atoms with E-state index >= 15 is 0 Å². The Bertz CT molecular complexity index is 657. The highest BCUT2D eigenvalue weighted by Crippen LogP contribution is 2.29. The maximum atomic E-state index is 12.0. The van der Waals surface area contributed by atoms with Crippen molar-refractivity contribution < 1.29 is 4.74 Å². The minimum absolute atomic E-state index is 0.0391. The van der Waals surface area contributed by atoms with E-state index in [1.807, 2.05) is 30.3 Å². The van der Waals surface area contributed by atoms with Crippen molar-refractivity contribution in [1.29, 1.82) is 0 Å². The molecule has 106 valence electrons. The van der Waals surface area contributed by atoms with Crippen molar-refractivity contribution in [1.82, 2.24) is 4.98 Å². The van der Waals surface area contributed by atoms with E-state index in [2.05, 4.69) is 17.2 Å². The summed E-state index contributed by atoms with van der Waals surface area (Å²) in [7, 11) is 0. The Morgan fingerprint density at radius 1 is 1.30 bits per heavy atom. The third kappa shape index (κ3) is 2.70. The summed E-state index contributed by atoms with van der Waals surface area (Å²) in [6, 6.07) is 9.64. The number of ether oxygens (including phenoxy) is 1. The maximum absolute atomic E-state index is 12.0. The minimum atomic E-state index is -0.0391. The fourth-order valence-corrected chi connectivity index (χ4v) is 2.66. The minimum Gasteiger partial charge on any atom is -0.381 e.